The number of fused-ring (bicyclic) bond motifs is 2. The van der Waals surface area contributed by atoms with Gasteiger partial charge in [0, 0.05) is 6.54 Å². The fourth-order valence-electron chi connectivity index (χ4n) is 4.33. The topological polar surface area (TPSA) is 30.7 Å². The molecular formula is C18H31N3. The van der Waals surface area contributed by atoms with Crippen LogP contribution in [0.1, 0.15) is 65.3 Å². The highest BCUT2D eigenvalue weighted by Crippen LogP contribution is 2.57. The van der Waals surface area contributed by atoms with E-state index in [4.69, 9.17) is 0 Å². The molecule has 1 saturated carbocycles. The summed E-state index contributed by atoms with van der Waals surface area (Å²) >= 11 is 0. The lowest BCUT2D eigenvalue weighted by atomic mass is 9.88. The minimum Gasteiger partial charge on any atom is -0.249 e. The first-order valence-corrected chi connectivity index (χ1v) is 8.76. The molecule has 3 heteroatoms. The van der Waals surface area contributed by atoms with E-state index in [0.29, 0.717) is 11.3 Å². The molecule has 0 aliphatic heterocycles. The molecule has 0 spiro atoms. The molecule has 0 amide bonds. The lowest BCUT2D eigenvalue weighted by Gasteiger charge is -2.18. The third kappa shape index (κ3) is 3.32. The van der Waals surface area contributed by atoms with Crippen LogP contribution in [-0.2, 0) is 19.4 Å². The summed E-state index contributed by atoms with van der Waals surface area (Å²) in [6.45, 7) is 12.7. The summed E-state index contributed by atoms with van der Waals surface area (Å²) in [4.78, 5) is 0. The summed E-state index contributed by atoms with van der Waals surface area (Å²) in [7, 11) is 0. The molecule has 1 heterocycles. The molecule has 1 aromatic heterocycles. The van der Waals surface area contributed by atoms with Gasteiger partial charge in [0.15, 0.2) is 0 Å². The van der Waals surface area contributed by atoms with Crippen LogP contribution in [0.2, 0.25) is 0 Å². The van der Waals surface area contributed by atoms with Gasteiger partial charge in [-0.1, -0.05) is 39.8 Å². The fourth-order valence-corrected chi connectivity index (χ4v) is 4.33. The highest BCUT2D eigenvalue weighted by molar-refractivity contribution is 5.15. The molecule has 0 bridgehead atoms. The number of nitrogens with zero attached hydrogens (tertiary/aromatic N) is 3. The van der Waals surface area contributed by atoms with Crippen LogP contribution in [0, 0.1) is 29.1 Å². The van der Waals surface area contributed by atoms with Crippen molar-refractivity contribution in [2.24, 2.45) is 29.1 Å². The van der Waals surface area contributed by atoms with Gasteiger partial charge in [0.05, 0.1) is 11.4 Å². The molecule has 0 aromatic carbocycles. The molecular weight excluding hydrogens is 258 g/mol. The van der Waals surface area contributed by atoms with Crippen molar-refractivity contribution in [1.29, 1.82) is 0 Å². The summed E-state index contributed by atoms with van der Waals surface area (Å²) in [6.07, 6.45) is 6.42. The van der Waals surface area contributed by atoms with Gasteiger partial charge in [0.25, 0.3) is 0 Å². The Morgan fingerprint density at radius 3 is 2.43 bits per heavy atom. The van der Waals surface area contributed by atoms with Crippen LogP contribution < -0.4 is 0 Å². The molecule has 0 N–H and O–H groups in total. The van der Waals surface area contributed by atoms with Crippen molar-refractivity contribution in [3.05, 3.63) is 11.4 Å². The second-order valence-corrected chi connectivity index (χ2v) is 8.89. The zero-order chi connectivity index (χ0) is 15.2. The Bertz CT molecular complexity index is 495. The van der Waals surface area contributed by atoms with E-state index in [1.165, 1.54) is 37.1 Å². The lowest BCUT2D eigenvalue weighted by molar-refractivity contribution is 0.335. The van der Waals surface area contributed by atoms with Crippen LogP contribution in [0.3, 0.4) is 0 Å². The van der Waals surface area contributed by atoms with Crippen molar-refractivity contribution in [3.8, 4) is 0 Å². The highest BCUT2D eigenvalue weighted by Gasteiger charge is 2.50. The molecule has 118 valence electrons. The van der Waals surface area contributed by atoms with Crippen molar-refractivity contribution in [1.82, 2.24) is 15.0 Å². The third-order valence-corrected chi connectivity index (χ3v) is 5.24. The first-order chi connectivity index (χ1) is 9.85. The van der Waals surface area contributed by atoms with Gasteiger partial charge in [0.2, 0.25) is 0 Å². The maximum absolute atomic E-state index is 4.48. The largest absolute Gasteiger partial charge is 0.249 e. The van der Waals surface area contributed by atoms with E-state index in [0.717, 1.165) is 30.7 Å². The Balaban J connectivity index is 1.68. The summed E-state index contributed by atoms with van der Waals surface area (Å²) < 4.78 is 2.18. The van der Waals surface area contributed by atoms with Gasteiger partial charge in [-0.05, 0) is 61.2 Å². The SMILES string of the molecule is CC(C)Cn1nnc2c1CC[C@H]1[C@@H](CC2)[C@H]1CC(C)(C)C. The van der Waals surface area contributed by atoms with Gasteiger partial charge < -0.3 is 0 Å². The number of hydrogen-bond acceptors (Lipinski definition) is 2. The summed E-state index contributed by atoms with van der Waals surface area (Å²) in [6, 6.07) is 0. The molecule has 21 heavy (non-hydrogen) atoms. The van der Waals surface area contributed by atoms with Crippen LogP contribution in [0.4, 0.5) is 0 Å². The van der Waals surface area contributed by atoms with E-state index < -0.39 is 0 Å². The maximum atomic E-state index is 4.48. The van der Waals surface area contributed by atoms with Crippen molar-refractivity contribution in [2.75, 3.05) is 0 Å². The predicted molar refractivity (Wildman–Crippen MR) is 86.0 cm³/mol. The highest BCUT2D eigenvalue weighted by atomic mass is 15.4. The van der Waals surface area contributed by atoms with Gasteiger partial charge >= 0.3 is 0 Å². The van der Waals surface area contributed by atoms with Gasteiger partial charge in [0.1, 0.15) is 0 Å². The van der Waals surface area contributed by atoms with Crippen molar-refractivity contribution in [2.45, 2.75) is 73.3 Å². The van der Waals surface area contributed by atoms with Crippen molar-refractivity contribution in [3.63, 3.8) is 0 Å². The Morgan fingerprint density at radius 1 is 1.14 bits per heavy atom. The molecule has 1 aromatic rings. The van der Waals surface area contributed by atoms with E-state index >= 15 is 0 Å². The van der Waals surface area contributed by atoms with Gasteiger partial charge in [-0.15, -0.1) is 5.10 Å². The Hall–Kier alpha value is -0.860. The average molecular weight is 289 g/mol. The predicted octanol–water partition coefficient (Wildman–Crippen LogP) is 4.11. The maximum Gasteiger partial charge on any atom is 0.0859 e. The van der Waals surface area contributed by atoms with Crippen LogP contribution in [0.25, 0.3) is 0 Å². The molecule has 2 aliphatic rings. The number of hydrogen-bond donors (Lipinski definition) is 0. The second-order valence-electron chi connectivity index (χ2n) is 8.89. The number of aryl methyl sites for hydroxylation is 1. The van der Waals surface area contributed by atoms with E-state index in [1.54, 1.807) is 0 Å². The summed E-state index contributed by atoms with van der Waals surface area (Å²) in [5, 5.41) is 8.88. The van der Waals surface area contributed by atoms with E-state index in [9.17, 15) is 0 Å². The minimum absolute atomic E-state index is 0.477. The van der Waals surface area contributed by atoms with Gasteiger partial charge in [-0.25, -0.2) is 4.68 Å². The minimum atomic E-state index is 0.477. The summed E-state index contributed by atoms with van der Waals surface area (Å²) in [5.41, 5.74) is 3.20. The zero-order valence-corrected chi connectivity index (χ0v) is 14.4. The molecule has 0 saturated heterocycles. The summed E-state index contributed by atoms with van der Waals surface area (Å²) in [5.74, 6) is 3.55. The van der Waals surface area contributed by atoms with Crippen LogP contribution in [0.5, 0.6) is 0 Å². The quantitative estimate of drug-likeness (QED) is 0.838. The monoisotopic (exact) mass is 289 g/mol. The molecule has 1 fully saturated rings. The van der Waals surface area contributed by atoms with Gasteiger partial charge in [-0.2, -0.15) is 0 Å². The lowest BCUT2D eigenvalue weighted by Crippen LogP contribution is -2.12. The normalized spacial score (nSPS) is 28.8. The fraction of sp³-hybridized carbons (Fsp3) is 0.889. The van der Waals surface area contributed by atoms with Crippen LogP contribution >= 0.6 is 0 Å². The first-order valence-electron chi connectivity index (χ1n) is 8.76. The first kappa shape index (κ1) is 15.1. The molecule has 0 unspecified atom stereocenters. The Labute approximate surface area is 129 Å². The molecule has 3 atom stereocenters. The smallest absolute Gasteiger partial charge is 0.0859 e. The van der Waals surface area contributed by atoms with Crippen LogP contribution in [-0.4, -0.2) is 15.0 Å². The molecule has 3 nitrogen and oxygen atoms in total. The van der Waals surface area contributed by atoms with Crippen molar-refractivity contribution < 1.29 is 0 Å². The van der Waals surface area contributed by atoms with E-state index in [-0.39, 0.29) is 0 Å². The third-order valence-electron chi connectivity index (χ3n) is 5.24. The van der Waals surface area contributed by atoms with Crippen LogP contribution in [0.15, 0.2) is 0 Å². The zero-order valence-electron chi connectivity index (χ0n) is 14.4. The molecule has 2 aliphatic carbocycles. The standard InChI is InChI=1S/C18H31N3/c1-12(2)11-21-17-9-7-14-13(6-8-16(17)19-20-21)15(14)10-18(3,4)5/h12-15H,6-11H2,1-5H3/t13-,14+,15-/m1/s1. The van der Waals surface area contributed by atoms with Gasteiger partial charge in [-0.3, -0.25) is 0 Å². The number of rotatable bonds is 3. The molecule has 3 rings (SSSR count). The van der Waals surface area contributed by atoms with E-state index in [2.05, 4.69) is 49.6 Å². The Morgan fingerprint density at radius 2 is 1.81 bits per heavy atom. The number of aromatic nitrogens is 3. The average Bonchev–Trinajstić information content (AvgIpc) is 2.78. The Kier molecular flexibility index (Phi) is 3.87. The van der Waals surface area contributed by atoms with Crippen molar-refractivity contribution >= 4 is 0 Å². The molecule has 0 radical (unpaired) electrons. The van der Waals surface area contributed by atoms with E-state index in [1.807, 2.05) is 0 Å². The second kappa shape index (κ2) is 5.40.